The average molecular weight is 418 g/mol. The number of carbonyl (C=O) groups is 1. The Morgan fingerprint density at radius 3 is 2.79 bits per heavy atom. The number of hydrogen-bond donors (Lipinski definition) is 1. The summed E-state index contributed by atoms with van der Waals surface area (Å²) in [7, 11) is 0. The molecule has 29 heavy (non-hydrogen) atoms. The van der Waals surface area contributed by atoms with Gasteiger partial charge in [0, 0.05) is 24.7 Å². The highest BCUT2D eigenvalue weighted by molar-refractivity contribution is 6.30. The predicted molar refractivity (Wildman–Crippen MR) is 107 cm³/mol. The Kier molecular flexibility index (Phi) is 5.53. The lowest BCUT2D eigenvalue weighted by Crippen LogP contribution is -2.41. The van der Waals surface area contributed by atoms with Gasteiger partial charge in [-0.3, -0.25) is 4.79 Å². The van der Waals surface area contributed by atoms with Crippen LogP contribution in [0.25, 0.3) is 10.9 Å². The summed E-state index contributed by atoms with van der Waals surface area (Å²) in [5.74, 6) is -0.130. The first-order valence-corrected chi connectivity index (χ1v) is 9.61. The molecular weight excluding hydrogens is 400 g/mol. The number of amides is 1. The lowest BCUT2D eigenvalue weighted by Gasteiger charge is -2.33. The normalized spacial score (nSPS) is 17.0. The Hall–Kier alpha value is -2.87. The van der Waals surface area contributed by atoms with Gasteiger partial charge in [0.2, 0.25) is 5.91 Å². The average Bonchev–Trinajstić information content (AvgIpc) is 2.74. The quantitative estimate of drug-likeness (QED) is 0.678. The number of rotatable bonds is 4. The molecule has 2 aromatic heterocycles. The third-order valence-electron chi connectivity index (χ3n) is 4.87. The van der Waals surface area contributed by atoms with Crippen LogP contribution in [-0.2, 0) is 4.79 Å². The van der Waals surface area contributed by atoms with Crippen molar-refractivity contribution < 1.29 is 13.6 Å². The van der Waals surface area contributed by atoms with E-state index in [1.54, 1.807) is 30.3 Å². The van der Waals surface area contributed by atoms with Gasteiger partial charge >= 0.3 is 0 Å². The standard InChI is InChI=1S/C20H18ClF2N5O/c21-13-7-8-16(24-10-13)26-20(29)12-4-3-9-28(11-12)19-14-5-1-2-6-15(14)25-18(27-19)17(22)23/h1-2,5-8,10,12,17H,3-4,9,11H2,(H,24,26,29). The fourth-order valence-electron chi connectivity index (χ4n) is 3.48. The Bertz CT molecular complexity index is 1030. The molecule has 0 radical (unpaired) electrons. The summed E-state index contributed by atoms with van der Waals surface area (Å²) in [6.45, 7) is 1.01. The van der Waals surface area contributed by atoms with Crippen molar-refractivity contribution in [3.8, 4) is 0 Å². The Morgan fingerprint density at radius 1 is 1.21 bits per heavy atom. The number of hydrogen-bond acceptors (Lipinski definition) is 5. The van der Waals surface area contributed by atoms with E-state index < -0.39 is 12.2 Å². The summed E-state index contributed by atoms with van der Waals surface area (Å²) < 4.78 is 26.6. The molecule has 1 N–H and O–H groups in total. The molecule has 0 aliphatic carbocycles. The molecule has 1 aliphatic heterocycles. The van der Waals surface area contributed by atoms with Crippen molar-refractivity contribution in [2.45, 2.75) is 19.3 Å². The van der Waals surface area contributed by atoms with Gasteiger partial charge in [0.05, 0.1) is 16.5 Å². The minimum Gasteiger partial charge on any atom is -0.355 e. The number of piperidine rings is 1. The van der Waals surface area contributed by atoms with E-state index in [-0.39, 0.29) is 11.8 Å². The number of benzene rings is 1. The minimum atomic E-state index is -2.77. The van der Waals surface area contributed by atoms with E-state index in [0.717, 1.165) is 6.42 Å². The van der Waals surface area contributed by atoms with Crippen LogP contribution in [0.1, 0.15) is 25.1 Å². The molecule has 6 nitrogen and oxygen atoms in total. The van der Waals surface area contributed by atoms with Gasteiger partial charge in [-0.2, -0.15) is 0 Å². The van der Waals surface area contributed by atoms with Crippen molar-refractivity contribution in [1.82, 2.24) is 15.0 Å². The summed E-state index contributed by atoms with van der Waals surface area (Å²) in [6, 6.07) is 10.3. The zero-order valence-corrected chi connectivity index (χ0v) is 16.1. The number of aromatic nitrogens is 3. The van der Waals surface area contributed by atoms with Gasteiger partial charge in [0.15, 0.2) is 5.82 Å². The number of nitrogens with one attached hydrogen (secondary N) is 1. The van der Waals surface area contributed by atoms with Gasteiger partial charge in [-0.15, -0.1) is 0 Å². The van der Waals surface area contributed by atoms with E-state index in [4.69, 9.17) is 11.6 Å². The monoisotopic (exact) mass is 417 g/mol. The number of pyridine rings is 1. The van der Waals surface area contributed by atoms with Crippen LogP contribution in [0.5, 0.6) is 0 Å². The van der Waals surface area contributed by atoms with E-state index >= 15 is 0 Å². The number of carbonyl (C=O) groups excluding carboxylic acids is 1. The molecule has 1 amide bonds. The summed E-state index contributed by atoms with van der Waals surface area (Å²) in [4.78, 5) is 26.8. The molecule has 0 bridgehead atoms. The van der Waals surface area contributed by atoms with Crippen molar-refractivity contribution in [2.24, 2.45) is 5.92 Å². The molecule has 1 saturated heterocycles. The molecular formula is C20H18ClF2N5O. The number of anilines is 2. The third-order valence-corrected chi connectivity index (χ3v) is 5.09. The molecule has 0 spiro atoms. The highest BCUT2D eigenvalue weighted by Gasteiger charge is 2.28. The molecule has 1 fully saturated rings. The Morgan fingerprint density at radius 2 is 2.03 bits per heavy atom. The van der Waals surface area contributed by atoms with Crippen molar-refractivity contribution >= 4 is 40.0 Å². The summed E-state index contributed by atoms with van der Waals surface area (Å²) in [6.07, 6.45) is 0.136. The van der Waals surface area contributed by atoms with Gasteiger partial charge < -0.3 is 10.2 Å². The molecule has 1 unspecified atom stereocenters. The lowest BCUT2D eigenvalue weighted by molar-refractivity contribution is -0.120. The number of para-hydroxylation sites is 1. The van der Waals surface area contributed by atoms with Crippen LogP contribution in [0.3, 0.4) is 0 Å². The second-order valence-corrected chi connectivity index (χ2v) is 7.30. The van der Waals surface area contributed by atoms with Crippen LogP contribution in [0, 0.1) is 5.92 Å². The van der Waals surface area contributed by atoms with E-state index in [1.165, 1.54) is 6.20 Å². The second kappa shape index (κ2) is 8.24. The van der Waals surface area contributed by atoms with Crippen molar-refractivity contribution in [3.63, 3.8) is 0 Å². The number of nitrogens with zero attached hydrogens (tertiary/aromatic N) is 4. The lowest BCUT2D eigenvalue weighted by atomic mass is 9.96. The van der Waals surface area contributed by atoms with Gasteiger partial charge in [-0.25, -0.2) is 23.7 Å². The SMILES string of the molecule is O=C(Nc1ccc(Cl)cn1)C1CCCN(c2nc(C(F)F)nc3ccccc23)C1. The molecule has 4 rings (SSSR count). The van der Waals surface area contributed by atoms with Gasteiger partial charge in [-0.05, 0) is 37.1 Å². The fraction of sp³-hybridized carbons (Fsp3) is 0.300. The first kappa shape index (κ1) is 19.4. The molecule has 1 atom stereocenters. The molecule has 9 heteroatoms. The first-order valence-electron chi connectivity index (χ1n) is 9.23. The van der Waals surface area contributed by atoms with Gasteiger partial charge in [0.25, 0.3) is 6.43 Å². The zero-order valence-electron chi connectivity index (χ0n) is 15.4. The molecule has 3 aromatic rings. The van der Waals surface area contributed by atoms with Crippen molar-refractivity contribution in [1.29, 1.82) is 0 Å². The Labute approximate surface area is 170 Å². The van der Waals surface area contributed by atoms with Crippen LogP contribution in [0.2, 0.25) is 5.02 Å². The van der Waals surface area contributed by atoms with Gasteiger partial charge in [-0.1, -0.05) is 23.7 Å². The molecule has 1 aromatic carbocycles. The first-order chi connectivity index (χ1) is 14.0. The number of halogens is 3. The maximum atomic E-state index is 13.3. The van der Waals surface area contributed by atoms with Crippen molar-refractivity contribution in [2.75, 3.05) is 23.3 Å². The predicted octanol–water partition coefficient (Wildman–Crippen LogP) is 4.47. The Balaban J connectivity index is 1.58. The number of alkyl halides is 2. The highest BCUT2D eigenvalue weighted by atomic mass is 35.5. The summed E-state index contributed by atoms with van der Waals surface area (Å²) >= 11 is 5.82. The summed E-state index contributed by atoms with van der Waals surface area (Å²) in [5.41, 5.74) is 0.463. The zero-order chi connectivity index (χ0) is 20.4. The minimum absolute atomic E-state index is 0.169. The van der Waals surface area contributed by atoms with Crippen LogP contribution in [0.4, 0.5) is 20.4 Å². The van der Waals surface area contributed by atoms with Crippen LogP contribution >= 0.6 is 11.6 Å². The van der Waals surface area contributed by atoms with Crippen LogP contribution < -0.4 is 10.2 Å². The molecule has 0 saturated carbocycles. The highest BCUT2D eigenvalue weighted by Crippen LogP contribution is 2.30. The van der Waals surface area contributed by atoms with Crippen LogP contribution in [-0.4, -0.2) is 33.9 Å². The van der Waals surface area contributed by atoms with Gasteiger partial charge in [0.1, 0.15) is 11.6 Å². The van der Waals surface area contributed by atoms with E-state index in [0.29, 0.717) is 47.1 Å². The third kappa shape index (κ3) is 4.27. The molecule has 1 aliphatic rings. The molecule has 3 heterocycles. The van der Waals surface area contributed by atoms with E-state index in [1.807, 2.05) is 11.0 Å². The smallest absolute Gasteiger partial charge is 0.297 e. The van der Waals surface area contributed by atoms with Crippen LogP contribution in [0.15, 0.2) is 42.6 Å². The summed E-state index contributed by atoms with van der Waals surface area (Å²) in [5, 5.41) is 3.97. The largest absolute Gasteiger partial charge is 0.355 e. The maximum Gasteiger partial charge on any atom is 0.297 e. The maximum absolute atomic E-state index is 13.3. The fourth-order valence-corrected chi connectivity index (χ4v) is 3.59. The second-order valence-electron chi connectivity index (χ2n) is 6.86. The number of fused-ring (bicyclic) bond motifs is 1. The van der Waals surface area contributed by atoms with Crippen molar-refractivity contribution in [3.05, 3.63) is 53.4 Å². The molecule has 150 valence electrons. The van der Waals surface area contributed by atoms with E-state index in [9.17, 15) is 13.6 Å². The topological polar surface area (TPSA) is 71.0 Å². The van der Waals surface area contributed by atoms with E-state index in [2.05, 4.69) is 20.3 Å².